The van der Waals surface area contributed by atoms with E-state index in [0.717, 1.165) is 98.4 Å². The van der Waals surface area contributed by atoms with Gasteiger partial charge in [-0.1, -0.05) is 394 Å². The highest BCUT2D eigenvalue weighted by molar-refractivity contribution is 7.48. The van der Waals surface area contributed by atoms with Gasteiger partial charge in [0.15, 0.2) is 12.6 Å². The maximum Gasteiger partial charge on any atom is 0.475 e. The van der Waals surface area contributed by atoms with Crippen LogP contribution >= 0.6 is 7.82 Å². The molecule has 2 amide bonds. The van der Waals surface area contributed by atoms with Crippen molar-refractivity contribution in [1.29, 1.82) is 0 Å². The second-order valence-electron chi connectivity index (χ2n) is 33.8. The van der Waals surface area contributed by atoms with E-state index in [2.05, 4.69) is 31.4 Å². The molecular weight excluding hydrogens is 1610 g/mol. The van der Waals surface area contributed by atoms with E-state index in [0.29, 0.717) is 43.4 Å². The first-order valence-electron chi connectivity index (χ1n) is 47.4. The first kappa shape index (κ1) is 102. The number of esters is 1. The Balaban J connectivity index is 1.12. The Morgan fingerprint density at radius 2 is 0.706 bits per heavy atom. The predicted molar refractivity (Wildman–Crippen MR) is 492 cm³/mol. The number of ether oxygens (including phenoxy) is 10. The zero-order valence-electron chi connectivity index (χ0n) is 75.4. The molecule has 0 spiro atoms. The third-order valence-electron chi connectivity index (χ3n) is 23.2. The fourth-order valence-electron chi connectivity index (χ4n) is 16.0. The molecule has 22 heteroatoms. The lowest BCUT2D eigenvalue weighted by Crippen LogP contribution is -2.68. The lowest BCUT2D eigenvalue weighted by molar-refractivity contribution is -0.316. The second kappa shape index (κ2) is 62.0. The number of carbonyl (C=O) groups is 3. The zero-order valence-corrected chi connectivity index (χ0v) is 76.3. The van der Waals surface area contributed by atoms with Gasteiger partial charge in [-0.3, -0.25) is 28.0 Å². The molecule has 9 rings (SSSR count). The van der Waals surface area contributed by atoms with Gasteiger partial charge in [0.2, 0.25) is 11.8 Å². The van der Waals surface area contributed by atoms with Gasteiger partial charge in [-0.2, -0.15) is 0 Å². The number of amides is 2. The summed E-state index contributed by atoms with van der Waals surface area (Å²) < 4.78 is 106. The van der Waals surface area contributed by atoms with Crippen LogP contribution in [0.3, 0.4) is 0 Å². The van der Waals surface area contributed by atoms with Gasteiger partial charge in [0.25, 0.3) is 0 Å². The number of carbonyl (C=O) groups excluding carboxylic acids is 3. The van der Waals surface area contributed by atoms with E-state index < -0.39 is 113 Å². The highest BCUT2D eigenvalue weighted by Crippen LogP contribution is 2.54. The first-order valence-corrected chi connectivity index (χ1v) is 48.8. The van der Waals surface area contributed by atoms with Crippen LogP contribution in [0.5, 0.6) is 0 Å². The van der Waals surface area contributed by atoms with E-state index in [9.17, 15) is 15.0 Å². The molecule has 1 unspecified atom stereocenters. The first-order chi connectivity index (χ1) is 61.9. The number of nitrogens with one attached hydrogen (secondary N) is 2. The normalized spacial score (nSPS) is 19.7. The van der Waals surface area contributed by atoms with Crippen LogP contribution in [0.15, 0.2) is 212 Å². The minimum absolute atomic E-state index is 0.0245. The van der Waals surface area contributed by atoms with Gasteiger partial charge in [0.1, 0.15) is 60.9 Å². The Morgan fingerprint density at radius 3 is 1.12 bits per heavy atom. The summed E-state index contributed by atoms with van der Waals surface area (Å²) in [5.41, 5.74) is 5.54. The minimum atomic E-state index is -4.80. The van der Waals surface area contributed by atoms with Crippen molar-refractivity contribution in [3.63, 3.8) is 0 Å². The molecule has 2 heterocycles. The standard InChI is InChI=1S/C104H147N2O19P/c1-4-7-10-13-16-19-22-25-49-66-90(114-73-83-54-37-29-38-55-83)69-94(109)105-97-101(116-75-85-58-41-31-42-59-85)99(115-74-84-56-39-30-40-57-84)93(124-103(97)118-79-89(108)71-107)81-119-104-98(106-95(110)70-91(67-50-26-23-20-17-14-11-8-5-2)122-96(111)68-51-27-24-21-18-15-12-9-6-3)102(117-76-86-60-43-32-44-61-86)100(92(123-104)80-113-72-82-52-35-28-36-53-82)125-126(112,120-77-87-62-45-33-46-63-87)121-78-88-64-47-34-48-65-88/h28-48,52-65,89-93,97-104,107-108H,4-27,49-51,66-81H2,1-3H3,(H,105,109)(H,106,110)/t89?,90-,91-,92-,93-,97+,98+,99-,100-,101-,102-,103+,104-/m1/s1. The number of aliphatic hydroxyl groups excluding tert-OH is 2. The van der Waals surface area contributed by atoms with Crippen LogP contribution in [-0.4, -0.2) is 134 Å². The number of hydrogen-bond acceptors (Lipinski definition) is 19. The number of phosphoric acid groups is 1. The average Bonchev–Trinajstić information content (AvgIpc) is 0.780. The molecule has 692 valence electrons. The van der Waals surface area contributed by atoms with Crippen molar-refractivity contribution in [2.24, 2.45) is 0 Å². The van der Waals surface area contributed by atoms with Crippen LogP contribution in [0.1, 0.15) is 265 Å². The number of benzene rings is 7. The van der Waals surface area contributed by atoms with E-state index in [-0.39, 0.29) is 77.4 Å². The van der Waals surface area contributed by atoms with E-state index in [1.165, 1.54) is 89.9 Å². The van der Waals surface area contributed by atoms with Crippen LogP contribution in [0, 0.1) is 0 Å². The molecule has 2 saturated heterocycles. The average molecular weight is 1760 g/mol. The Bertz CT molecular complexity index is 3930. The van der Waals surface area contributed by atoms with Crippen molar-refractivity contribution in [3.8, 4) is 0 Å². The molecule has 2 fully saturated rings. The predicted octanol–water partition coefficient (Wildman–Crippen LogP) is 21.7. The molecular formula is C104H147N2O19P. The van der Waals surface area contributed by atoms with Gasteiger partial charge in [-0.15, -0.1) is 0 Å². The van der Waals surface area contributed by atoms with Crippen LogP contribution in [0.2, 0.25) is 0 Å². The molecule has 0 aliphatic carbocycles. The van der Waals surface area contributed by atoms with E-state index >= 15 is 14.2 Å². The monoisotopic (exact) mass is 1760 g/mol. The van der Waals surface area contributed by atoms with Crippen molar-refractivity contribution >= 4 is 25.6 Å². The van der Waals surface area contributed by atoms with Crippen LogP contribution < -0.4 is 10.6 Å². The zero-order chi connectivity index (χ0) is 88.5. The maximum atomic E-state index is 16.2. The fraction of sp³-hybridized carbons (Fsp3) is 0.567. The molecule has 0 aromatic heterocycles. The summed E-state index contributed by atoms with van der Waals surface area (Å²) in [5.74, 6) is -1.28. The summed E-state index contributed by atoms with van der Waals surface area (Å²) in [5, 5.41) is 28.3. The smallest absolute Gasteiger partial charge is 0.462 e. The Hall–Kier alpha value is -7.38. The molecule has 7 aromatic rings. The summed E-state index contributed by atoms with van der Waals surface area (Å²) in [6, 6.07) is 64.2. The molecule has 0 radical (unpaired) electrons. The van der Waals surface area contributed by atoms with Crippen molar-refractivity contribution in [2.75, 3.05) is 26.4 Å². The molecule has 2 aliphatic heterocycles. The third-order valence-corrected chi connectivity index (χ3v) is 24.6. The van der Waals surface area contributed by atoms with Crippen molar-refractivity contribution in [1.82, 2.24) is 10.6 Å². The van der Waals surface area contributed by atoms with Gasteiger partial charge in [0.05, 0.1) is 91.6 Å². The number of aliphatic hydroxyl groups is 2. The second-order valence-corrected chi connectivity index (χ2v) is 35.5. The van der Waals surface area contributed by atoms with Crippen LogP contribution in [0.25, 0.3) is 0 Å². The number of rotatable bonds is 68. The SMILES string of the molecule is CCCCCCCCCCCC(=O)O[C@H](CCCCCCCCCCC)CC(=O)N[C@@H]1[C@H](OC[C@H]2O[C@H](OCC(O)CO)[C@@H](NC(=O)C[C@@H](CCCCCCCCCCC)OCc3ccccc3)[C@@H](OCc3ccccc3)[C@@H]2OCc2ccccc2)O[C@H](COCc2ccccc2)[C@@H](OP(=O)(OCc2ccccc2)OCc2ccccc2)[C@@H]1OCc1ccccc1. The third kappa shape index (κ3) is 40.3. The summed E-state index contributed by atoms with van der Waals surface area (Å²) in [7, 11) is -4.80. The van der Waals surface area contributed by atoms with Crippen LogP contribution in [0.4, 0.5) is 0 Å². The number of unbranched alkanes of at least 4 members (excludes halogenated alkanes) is 24. The lowest BCUT2D eigenvalue weighted by atomic mass is 9.94. The Labute approximate surface area is 752 Å². The van der Waals surface area contributed by atoms with E-state index in [1.54, 1.807) is 0 Å². The Morgan fingerprint density at radius 1 is 0.373 bits per heavy atom. The molecule has 0 bridgehead atoms. The molecule has 4 N–H and O–H groups in total. The summed E-state index contributed by atoms with van der Waals surface area (Å²) in [6.45, 7) is 4.91. The molecule has 2 aliphatic rings. The van der Waals surface area contributed by atoms with Crippen LogP contribution in [-0.2, 0) is 126 Å². The molecule has 7 aromatic carbocycles. The van der Waals surface area contributed by atoms with Crippen molar-refractivity contribution in [3.05, 3.63) is 251 Å². The van der Waals surface area contributed by atoms with Gasteiger partial charge in [0, 0.05) is 6.42 Å². The number of phosphoric ester groups is 1. The minimum Gasteiger partial charge on any atom is -0.462 e. The quantitative estimate of drug-likeness (QED) is 0.0157. The summed E-state index contributed by atoms with van der Waals surface area (Å²) in [6.07, 6.45) is 17.3. The van der Waals surface area contributed by atoms with Gasteiger partial charge in [-0.05, 0) is 64.6 Å². The molecule has 126 heavy (non-hydrogen) atoms. The summed E-state index contributed by atoms with van der Waals surface area (Å²) in [4.78, 5) is 45.5. The topological polar surface area (TPSA) is 253 Å². The van der Waals surface area contributed by atoms with E-state index in [1.807, 2.05) is 212 Å². The van der Waals surface area contributed by atoms with E-state index in [4.69, 9.17) is 60.9 Å². The molecule has 21 nitrogen and oxygen atoms in total. The van der Waals surface area contributed by atoms with Gasteiger partial charge >= 0.3 is 13.8 Å². The van der Waals surface area contributed by atoms with Crippen molar-refractivity contribution < 1.29 is 90.1 Å². The molecule has 13 atom stereocenters. The van der Waals surface area contributed by atoms with Gasteiger partial charge < -0.3 is 68.2 Å². The Kier molecular flexibility index (Phi) is 50.4. The number of hydrogen-bond donors (Lipinski definition) is 4. The van der Waals surface area contributed by atoms with Gasteiger partial charge in [-0.25, -0.2) is 4.57 Å². The highest BCUT2D eigenvalue weighted by Gasteiger charge is 2.54. The van der Waals surface area contributed by atoms with Crippen molar-refractivity contribution in [2.45, 2.75) is 352 Å². The maximum absolute atomic E-state index is 16.2. The lowest BCUT2D eigenvalue weighted by Gasteiger charge is -2.48. The largest absolute Gasteiger partial charge is 0.475 e. The highest BCUT2D eigenvalue weighted by atomic mass is 31.2. The summed E-state index contributed by atoms with van der Waals surface area (Å²) >= 11 is 0. The molecule has 0 saturated carbocycles. The fourth-order valence-corrected chi connectivity index (χ4v) is 17.4.